The number of phenolic OH excluding ortho intramolecular Hbond substituents is 1. The molecule has 0 atom stereocenters. The van der Waals surface area contributed by atoms with Crippen LogP contribution in [-0.4, -0.2) is 18.0 Å². The highest BCUT2D eigenvalue weighted by atomic mass is 32.1. The number of ketones is 1. The zero-order valence-corrected chi connectivity index (χ0v) is 15.5. The summed E-state index contributed by atoms with van der Waals surface area (Å²) in [4.78, 5) is 14.5. The van der Waals surface area contributed by atoms with E-state index < -0.39 is 0 Å². The van der Waals surface area contributed by atoms with E-state index >= 15 is 0 Å². The van der Waals surface area contributed by atoms with Crippen molar-refractivity contribution in [1.82, 2.24) is 0 Å². The molecule has 25 heavy (non-hydrogen) atoms. The van der Waals surface area contributed by atoms with E-state index in [9.17, 15) is 9.90 Å². The number of benzene rings is 2. The van der Waals surface area contributed by atoms with Crippen LogP contribution in [0.3, 0.4) is 0 Å². The van der Waals surface area contributed by atoms with Crippen LogP contribution in [-0.2, 0) is 0 Å². The van der Waals surface area contributed by atoms with Crippen LogP contribution in [0.2, 0.25) is 0 Å². The van der Waals surface area contributed by atoms with Gasteiger partial charge in [-0.05, 0) is 67.8 Å². The largest absolute Gasteiger partial charge is 0.508 e. The lowest BCUT2D eigenvalue weighted by atomic mass is 10.0. The molecule has 3 aromatic rings. The Kier molecular flexibility index (Phi) is 4.64. The second-order valence-electron chi connectivity index (χ2n) is 6.09. The van der Waals surface area contributed by atoms with Crippen molar-refractivity contribution < 1.29 is 14.6 Å². The van der Waals surface area contributed by atoms with Gasteiger partial charge in [-0.15, -0.1) is 11.3 Å². The smallest absolute Gasteiger partial charge is 0.203 e. The van der Waals surface area contributed by atoms with Gasteiger partial charge in [-0.3, -0.25) is 4.79 Å². The molecule has 3 nitrogen and oxygen atoms in total. The van der Waals surface area contributed by atoms with Gasteiger partial charge in [-0.1, -0.05) is 12.1 Å². The Morgan fingerprint density at radius 3 is 2.36 bits per heavy atom. The number of carbonyl (C=O) groups excluding carboxylic acids is 1. The third-order valence-corrected chi connectivity index (χ3v) is 5.46. The molecule has 0 saturated heterocycles. The average molecular weight is 352 g/mol. The number of ether oxygens (including phenoxy) is 1. The van der Waals surface area contributed by atoms with Gasteiger partial charge in [-0.2, -0.15) is 0 Å². The van der Waals surface area contributed by atoms with Crippen molar-refractivity contribution >= 4 is 17.1 Å². The highest BCUT2D eigenvalue weighted by Gasteiger charge is 2.17. The Morgan fingerprint density at radius 1 is 1.04 bits per heavy atom. The van der Waals surface area contributed by atoms with Gasteiger partial charge in [-0.25, -0.2) is 0 Å². The van der Waals surface area contributed by atoms with E-state index in [1.54, 1.807) is 32.2 Å². The van der Waals surface area contributed by atoms with Gasteiger partial charge in [0, 0.05) is 16.0 Å². The van der Waals surface area contributed by atoms with Gasteiger partial charge in [0.1, 0.15) is 11.5 Å². The number of thiophene rings is 1. The van der Waals surface area contributed by atoms with Crippen LogP contribution >= 0.6 is 11.3 Å². The van der Waals surface area contributed by atoms with Crippen LogP contribution in [0.4, 0.5) is 0 Å². The second kappa shape index (κ2) is 6.73. The topological polar surface area (TPSA) is 46.5 Å². The normalized spacial score (nSPS) is 10.7. The number of phenols is 1. The summed E-state index contributed by atoms with van der Waals surface area (Å²) in [5.74, 6) is 0.975. The molecule has 0 spiro atoms. The highest BCUT2D eigenvalue weighted by molar-refractivity contribution is 7.17. The SMILES string of the molecule is COc1c(C)cc(-c2ccc(C(=O)c3cccc(O)c3C)s2)cc1C. The van der Waals surface area contributed by atoms with E-state index in [2.05, 4.69) is 12.1 Å². The molecule has 0 aliphatic carbocycles. The maximum atomic E-state index is 12.8. The first-order valence-corrected chi connectivity index (χ1v) is 8.82. The first-order chi connectivity index (χ1) is 11.9. The maximum absolute atomic E-state index is 12.8. The summed E-state index contributed by atoms with van der Waals surface area (Å²) in [6.07, 6.45) is 0. The molecule has 0 aliphatic heterocycles. The highest BCUT2D eigenvalue weighted by Crippen LogP contribution is 2.35. The predicted molar refractivity (Wildman–Crippen MR) is 102 cm³/mol. The molecular weight excluding hydrogens is 332 g/mol. The van der Waals surface area contributed by atoms with Crippen molar-refractivity contribution in [3.63, 3.8) is 0 Å². The summed E-state index contributed by atoms with van der Waals surface area (Å²) in [6, 6.07) is 13.0. The number of aryl methyl sites for hydroxylation is 2. The van der Waals surface area contributed by atoms with E-state index in [0.717, 1.165) is 27.3 Å². The van der Waals surface area contributed by atoms with E-state index in [1.807, 2.05) is 26.0 Å². The lowest BCUT2D eigenvalue weighted by molar-refractivity contribution is 0.104. The molecule has 2 aromatic carbocycles. The first-order valence-electron chi connectivity index (χ1n) is 8.01. The van der Waals surface area contributed by atoms with Gasteiger partial charge < -0.3 is 9.84 Å². The number of rotatable bonds is 4. The Hall–Kier alpha value is -2.59. The molecular formula is C21H20O3S. The Labute approximate surface area is 151 Å². The molecule has 0 fully saturated rings. The Balaban J connectivity index is 1.98. The van der Waals surface area contributed by atoms with Gasteiger partial charge in [0.2, 0.25) is 5.78 Å². The maximum Gasteiger partial charge on any atom is 0.203 e. The number of methoxy groups -OCH3 is 1. The van der Waals surface area contributed by atoms with Crippen LogP contribution < -0.4 is 4.74 Å². The zero-order chi connectivity index (χ0) is 18.1. The summed E-state index contributed by atoms with van der Waals surface area (Å²) < 4.78 is 5.42. The average Bonchev–Trinajstić information content (AvgIpc) is 3.06. The molecule has 0 unspecified atom stereocenters. The van der Waals surface area contributed by atoms with Crippen molar-refractivity contribution in [2.24, 2.45) is 0 Å². The van der Waals surface area contributed by atoms with Crippen molar-refractivity contribution in [1.29, 1.82) is 0 Å². The predicted octanol–water partition coefficient (Wildman–Crippen LogP) is 5.29. The number of hydrogen-bond donors (Lipinski definition) is 1. The fraction of sp³-hybridized carbons (Fsp3) is 0.190. The summed E-state index contributed by atoms with van der Waals surface area (Å²) in [5, 5.41) is 9.83. The fourth-order valence-electron chi connectivity index (χ4n) is 3.03. The molecule has 128 valence electrons. The molecule has 3 rings (SSSR count). The van der Waals surface area contributed by atoms with Gasteiger partial charge >= 0.3 is 0 Å². The number of hydrogen-bond acceptors (Lipinski definition) is 4. The van der Waals surface area contributed by atoms with Gasteiger partial charge in [0.05, 0.1) is 12.0 Å². The monoisotopic (exact) mass is 352 g/mol. The Bertz CT molecular complexity index is 931. The zero-order valence-electron chi connectivity index (χ0n) is 14.7. The molecule has 1 aromatic heterocycles. The van der Waals surface area contributed by atoms with E-state index in [-0.39, 0.29) is 11.5 Å². The minimum atomic E-state index is -0.0633. The molecule has 0 aliphatic rings. The molecule has 1 heterocycles. The summed E-state index contributed by atoms with van der Waals surface area (Å²) in [7, 11) is 1.68. The van der Waals surface area contributed by atoms with Gasteiger partial charge in [0.25, 0.3) is 0 Å². The van der Waals surface area contributed by atoms with Crippen LogP contribution in [0.1, 0.15) is 31.9 Å². The molecule has 4 heteroatoms. The Morgan fingerprint density at radius 2 is 1.72 bits per heavy atom. The lowest BCUT2D eigenvalue weighted by Crippen LogP contribution is -2.01. The summed E-state index contributed by atoms with van der Waals surface area (Å²) >= 11 is 1.46. The second-order valence-corrected chi connectivity index (χ2v) is 7.17. The summed E-state index contributed by atoms with van der Waals surface area (Å²) in [6.45, 7) is 5.80. The minimum Gasteiger partial charge on any atom is -0.508 e. The molecule has 0 radical (unpaired) electrons. The van der Waals surface area contributed by atoms with Crippen LogP contribution in [0.5, 0.6) is 11.5 Å². The molecule has 1 N–H and O–H groups in total. The van der Waals surface area contributed by atoms with Crippen LogP contribution in [0.25, 0.3) is 10.4 Å². The van der Waals surface area contributed by atoms with Gasteiger partial charge in [0.15, 0.2) is 0 Å². The lowest BCUT2D eigenvalue weighted by Gasteiger charge is -2.10. The van der Waals surface area contributed by atoms with Crippen LogP contribution in [0, 0.1) is 20.8 Å². The van der Waals surface area contributed by atoms with E-state index in [0.29, 0.717) is 16.0 Å². The summed E-state index contributed by atoms with van der Waals surface area (Å²) in [5.41, 5.74) is 4.37. The van der Waals surface area contributed by atoms with Crippen molar-refractivity contribution in [3.8, 4) is 21.9 Å². The molecule has 0 amide bonds. The number of aromatic hydroxyl groups is 1. The standard InChI is InChI=1S/C21H20O3S/c1-12-10-15(11-13(2)21(12)24-4)18-8-9-19(25-18)20(23)16-6-5-7-17(22)14(16)3/h5-11,22H,1-4H3. The quantitative estimate of drug-likeness (QED) is 0.649. The number of carbonyl (C=O) groups is 1. The minimum absolute atomic E-state index is 0.0633. The van der Waals surface area contributed by atoms with Crippen molar-refractivity contribution in [3.05, 3.63) is 69.6 Å². The fourth-order valence-corrected chi connectivity index (χ4v) is 3.98. The third-order valence-electron chi connectivity index (χ3n) is 4.33. The third kappa shape index (κ3) is 3.17. The molecule has 0 saturated carbocycles. The van der Waals surface area contributed by atoms with E-state index in [4.69, 9.17) is 4.74 Å². The molecule has 0 bridgehead atoms. The van der Waals surface area contributed by atoms with Crippen molar-refractivity contribution in [2.45, 2.75) is 20.8 Å². The van der Waals surface area contributed by atoms with Crippen molar-refractivity contribution in [2.75, 3.05) is 7.11 Å². The van der Waals surface area contributed by atoms with E-state index in [1.165, 1.54) is 11.3 Å². The van der Waals surface area contributed by atoms with Crippen LogP contribution in [0.15, 0.2) is 42.5 Å². The first kappa shape index (κ1) is 17.2.